The first-order valence-corrected chi connectivity index (χ1v) is 6.19. The van der Waals surface area contributed by atoms with E-state index in [4.69, 9.17) is 0 Å². The molecule has 0 rings (SSSR count). The number of carbonyl (C=O) groups excluding carboxylic acids is 2. The van der Waals surface area contributed by atoms with Gasteiger partial charge >= 0.3 is 58.0 Å². The highest BCUT2D eigenvalue weighted by atomic mass is 28.3. The molecule has 19 heteroatoms. The van der Waals surface area contributed by atoms with Gasteiger partial charge in [0, 0.05) is 0 Å². The van der Waals surface area contributed by atoms with E-state index < -0.39 is 58.0 Å². The molecule has 158 valence electrons. The molecule has 0 aliphatic rings. The van der Waals surface area contributed by atoms with Crippen LogP contribution in [0.15, 0.2) is 0 Å². The molecule has 0 aliphatic carbocycles. The predicted molar refractivity (Wildman–Crippen MR) is 49.8 cm³/mol. The first-order chi connectivity index (χ1) is 11.5. The van der Waals surface area contributed by atoms with Crippen molar-refractivity contribution in [3.8, 4) is 0 Å². The average Bonchev–Trinajstić information content (AvgIpc) is 2.43. The third-order valence-corrected chi connectivity index (χ3v) is 2.82. The minimum absolute atomic E-state index is 2.81. The van der Waals surface area contributed by atoms with Crippen LogP contribution in [0.1, 0.15) is 0 Å². The zero-order chi connectivity index (χ0) is 22.3. The summed E-state index contributed by atoms with van der Waals surface area (Å²) in [5.41, 5.74) is 0. The Hall–Kier alpha value is -1.82. The van der Waals surface area contributed by atoms with E-state index in [2.05, 4.69) is 8.85 Å². The molecular weight excluding hydrogens is 454 g/mol. The maximum atomic E-state index is 12.7. The third-order valence-electron chi connectivity index (χ3n) is 2.28. The fourth-order valence-corrected chi connectivity index (χ4v) is 1.29. The second-order valence-electron chi connectivity index (χ2n) is 4.16. The number of carbonyl (C=O) groups is 2. The highest BCUT2D eigenvalue weighted by Gasteiger charge is 2.78. The fraction of sp³-hybridized carbons (Fsp3) is 0.750. The minimum Gasteiger partial charge on any atom is -0.476 e. The Morgan fingerprint density at radius 2 is 0.741 bits per heavy atom. The number of hydrogen-bond donors (Lipinski definition) is 0. The van der Waals surface area contributed by atoms with Gasteiger partial charge < -0.3 is 8.85 Å². The normalized spacial score (nSPS) is 14.7. The Labute approximate surface area is 139 Å². The van der Waals surface area contributed by atoms with Gasteiger partial charge in [-0.25, -0.2) is 9.59 Å². The van der Waals surface area contributed by atoms with Gasteiger partial charge in [0.2, 0.25) is 0 Å². The van der Waals surface area contributed by atoms with Gasteiger partial charge in [-0.05, 0) is 0 Å². The molecule has 0 aromatic heterocycles. The first kappa shape index (κ1) is 25.2. The van der Waals surface area contributed by atoms with Crippen LogP contribution in [0.2, 0.25) is 0 Å². The summed E-state index contributed by atoms with van der Waals surface area (Å²) >= 11 is 0. The van der Waals surface area contributed by atoms with Gasteiger partial charge in [-0.1, -0.05) is 0 Å². The monoisotopic (exact) mass is 454 g/mol. The zero-order valence-corrected chi connectivity index (χ0v) is 12.4. The molecule has 0 atom stereocenters. The summed E-state index contributed by atoms with van der Waals surface area (Å²) in [6.07, 6.45) is -14.0. The molecule has 4 nitrogen and oxygen atoms in total. The number of hydrogen-bond acceptors (Lipinski definition) is 4. The van der Waals surface area contributed by atoms with Crippen LogP contribution in [-0.4, -0.2) is 58.0 Å². The summed E-state index contributed by atoms with van der Waals surface area (Å²) in [6, 6.07) is 0. The maximum Gasteiger partial charge on any atom is 0.614 e. The Kier molecular flexibility index (Phi) is 6.50. The van der Waals surface area contributed by atoms with Crippen LogP contribution in [0.5, 0.6) is 0 Å². The van der Waals surface area contributed by atoms with Gasteiger partial charge in [-0.15, -0.1) is 0 Å². The van der Waals surface area contributed by atoms with E-state index in [9.17, 15) is 71.1 Å². The van der Waals surface area contributed by atoms with E-state index in [1.54, 1.807) is 0 Å². The third kappa shape index (κ3) is 4.37. The highest BCUT2D eigenvalue weighted by molar-refractivity contribution is 6.26. The topological polar surface area (TPSA) is 52.6 Å². The first-order valence-electron chi connectivity index (χ1n) is 5.37. The largest absolute Gasteiger partial charge is 0.614 e. The second kappa shape index (κ2) is 6.97. The van der Waals surface area contributed by atoms with Gasteiger partial charge in [0.25, 0.3) is 0 Å². The fourth-order valence-electron chi connectivity index (χ4n) is 0.837. The smallest absolute Gasteiger partial charge is 0.476 e. The lowest BCUT2D eigenvalue weighted by atomic mass is 10.1. The average molecular weight is 454 g/mol. The molecule has 0 aromatic rings. The van der Waals surface area contributed by atoms with Crippen LogP contribution < -0.4 is 0 Å². The van der Waals surface area contributed by atoms with Crippen molar-refractivity contribution in [2.45, 2.75) is 36.0 Å². The van der Waals surface area contributed by atoms with Crippen LogP contribution in [0, 0.1) is 0 Å². The Balaban J connectivity index is 5.14. The van der Waals surface area contributed by atoms with Crippen molar-refractivity contribution in [1.29, 1.82) is 0 Å². The molecule has 0 N–H and O–H groups in total. The molecule has 0 saturated heterocycles. The van der Waals surface area contributed by atoms with Crippen molar-refractivity contribution in [3.05, 3.63) is 0 Å². The quantitative estimate of drug-likeness (QED) is 0.457. The van der Waals surface area contributed by atoms with Crippen molar-refractivity contribution in [2.75, 3.05) is 0 Å². The van der Waals surface area contributed by atoms with Gasteiger partial charge in [0.05, 0.1) is 0 Å². The number of halogens is 14. The molecule has 27 heavy (non-hydrogen) atoms. The molecule has 2 radical (unpaired) electrons. The Morgan fingerprint density at radius 3 is 0.926 bits per heavy atom. The van der Waals surface area contributed by atoms with Crippen molar-refractivity contribution in [1.82, 2.24) is 0 Å². The highest BCUT2D eigenvalue weighted by Crippen LogP contribution is 2.48. The Bertz CT molecular complexity index is 529. The van der Waals surface area contributed by atoms with Gasteiger partial charge in [0.1, 0.15) is 0 Å². The zero-order valence-electron chi connectivity index (χ0n) is 11.4. The molecule has 0 heterocycles. The van der Waals surface area contributed by atoms with Crippen LogP contribution in [0.25, 0.3) is 0 Å². The molecular formula is C8F14O4Si. The molecule has 0 bridgehead atoms. The lowest BCUT2D eigenvalue weighted by molar-refractivity contribution is -0.348. The molecule has 0 unspecified atom stereocenters. The SMILES string of the molecule is O=C(O[Si]OC(=O)C(F)(F)C(F)(F)C(F)(F)F)C(F)(F)C(F)(F)C(F)(F)F. The van der Waals surface area contributed by atoms with Crippen LogP contribution in [0.3, 0.4) is 0 Å². The van der Waals surface area contributed by atoms with E-state index in [-0.39, 0.29) is 0 Å². The van der Waals surface area contributed by atoms with Gasteiger partial charge in [0.15, 0.2) is 0 Å². The molecule has 0 aromatic carbocycles. The summed E-state index contributed by atoms with van der Waals surface area (Å²) in [6.45, 7) is 0. The van der Waals surface area contributed by atoms with Crippen molar-refractivity contribution >= 4 is 21.9 Å². The molecule has 0 saturated carbocycles. The predicted octanol–water partition coefficient (Wildman–Crippen LogP) is 3.27. The van der Waals surface area contributed by atoms with Crippen molar-refractivity contribution in [3.63, 3.8) is 0 Å². The summed E-state index contributed by atoms with van der Waals surface area (Å²) < 4.78 is 176. The lowest BCUT2D eigenvalue weighted by Gasteiger charge is -2.27. The number of alkyl halides is 14. The summed E-state index contributed by atoms with van der Waals surface area (Å²) in [5, 5.41) is 0. The van der Waals surface area contributed by atoms with E-state index in [0.717, 1.165) is 0 Å². The van der Waals surface area contributed by atoms with E-state index >= 15 is 0 Å². The molecule has 0 spiro atoms. The lowest BCUT2D eigenvalue weighted by Crippen LogP contribution is -2.58. The minimum atomic E-state index is -7.06. The van der Waals surface area contributed by atoms with Crippen LogP contribution >= 0.6 is 0 Å². The van der Waals surface area contributed by atoms with Crippen molar-refractivity contribution < 1.29 is 79.9 Å². The summed E-state index contributed by atoms with van der Waals surface area (Å²) in [7, 11) is -3.00. The van der Waals surface area contributed by atoms with Crippen molar-refractivity contribution in [2.24, 2.45) is 0 Å². The van der Waals surface area contributed by atoms with Crippen LogP contribution in [-0.2, 0) is 18.4 Å². The van der Waals surface area contributed by atoms with Crippen LogP contribution in [0.4, 0.5) is 61.5 Å². The second-order valence-corrected chi connectivity index (χ2v) is 4.73. The molecule has 0 aliphatic heterocycles. The van der Waals surface area contributed by atoms with Gasteiger partial charge in [-0.2, -0.15) is 61.5 Å². The molecule has 0 amide bonds. The molecule has 0 fully saturated rings. The standard InChI is InChI=1S/C8F14O4Si/c9-3(10,5(13,14)7(17,18)19)1(23)25-27-26-2(24)4(11,12)6(15,16)8(20,21)22. The number of rotatable bonds is 6. The summed E-state index contributed by atoms with van der Waals surface area (Å²) in [5.74, 6) is -35.1. The van der Waals surface area contributed by atoms with Gasteiger partial charge in [-0.3, -0.25) is 0 Å². The van der Waals surface area contributed by atoms with E-state index in [0.29, 0.717) is 0 Å². The Morgan fingerprint density at radius 1 is 0.519 bits per heavy atom. The maximum absolute atomic E-state index is 12.7. The summed E-state index contributed by atoms with van der Waals surface area (Å²) in [4.78, 5) is 21.0. The van der Waals surface area contributed by atoms with E-state index in [1.807, 2.05) is 0 Å². The van der Waals surface area contributed by atoms with E-state index in [1.165, 1.54) is 0 Å².